The Kier molecular flexibility index (Phi) is 4.65. The van der Waals surface area contributed by atoms with Crippen LogP contribution in [0, 0.1) is 0 Å². The number of hydrogen-bond acceptors (Lipinski definition) is 7. The van der Waals surface area contributed by atoms with E-state index in [2.05, 4.69) is 22.0 Å². The molecule has 0 bridgehead atoms. The van der Waals surface area contributed by atoms with Crippen molar-refractivity contribution in [3.8, 4) is 17.1 Å². The predicted molar refractivity (Wildman–Crippen MR) is 119 cm³/mol. The third-order valence-electron chi connectivity index (χ3n) is 6.35. The number of morpholine rings is 1. The molecule has 32 heavy (non-hydrogen) atoms. The van der Waals surface area contributed by atoms with Crippen LogP contribution in [0.15, 0.2) is 48.9 Å². The molecule has 0 N–H and O–H groups in total. The summed E-state index contributed by atoms with van der Waals surface area (Å²) in [6.07, 6.45) is 7.77. The molecule has 1 saturated carbocycles. The Bertz CT molecular complexity index is 1240. The van der Waals surface area contributed by atoms with Gasteiger partial charge in [-0.25, -0.2) is 9.67 Å². The van der Waals surface area contributed by atoms with Crippen molar-refractivity contribution >= 4 is 11.5 Å². The Morgan fingerprint density at radius 2 is 1.88 bits per heavy atom. The van der Waals surface area contributed by atoms with Crippen LogP contribution in [0.5, 0.6) is 0 Å². The van der Waals surface area contributed by atoms with Crippen LogP contribution >= 0.6 is 0 Å². The summed E-state index contributed by atoms with van der Waals surface area (Å²) in [4.78, 5) is 11.3. The Hall–Kier alpha value is -3.30. The van der Waals surface area contributed by atoms with Crippen LogP contribution in [-0.2, 0) is 14.9 Å². The van der Waals surface area contributed by atoms with Crippen molar-refractivity contribution in [3.05, 3.63) is 54.6 Å². The fourth-order valence-corrected chi connectivity index (χ4v) is 4.38. The summed E-state index contributed by atoms with van der Waals surface area (Å²) in [6, 6.07) is 10.1. The lowest BCUT2D eigenvalue weighted by molar-refractivity contribution is 0.122. The third-order valence-corrected chi connectivity index (χ3v) is 6.35. The van der Waals surface area contributed by atoms with E-state index in [1.165, 1.54) is 0 Å². The molecule has 0 radical (unpaired) electrons. The van der Waals surface area contributed by atoms with Gasteiger partial charge >= 0.3 is 0 Å². The summed E-state index contributed by atoms with van der Waals surface area (Å²) in [5, 5.41) is 9.75. The molecule has 9 heteroatoms. The van der Waals surface area contributed by atoms with E-state index >= 15 is 0 Å². The van der Waals surface area contributed by atoms with Crippen molar-refractivity contribution < 1.29 is 9.47 Å². The highest BCUT2D eigenvalue weighted by Crippen LogP contribution is 2.47. The summed E-state index contributed by atoms with van der Waals surface area (Å²) in [7, 11) is 1.75. The molecule has 5 heterocycles. The molecule has 9 nitrogen and oxygen atoms in total. The van der Waals surface area contributed by atoms with Gasteiger partial charge in [-0.15, -0.1) is 0 Å². The lowest BCUT2D eigenvalue weighted by Gasteiger charge is -2.29. The van der Waals surface area contributed by atoms with Crippen molar-refractivity contribution in [3.63, 3.8) is 0 Å². The predicted octanol–water partition coefficient (Wildman–Crippen LogP) is 2.49. The molecule has 0 atom stereocenters. The second kappa shape index (κ2) is 7.68. The van der Waals surface area contributed by atoms with Gasteiger partial charge in [0.05, 0.1) is 31.2 Å². The quantitative estimate of drug-likeness (QED) is 0.464. The Morgan fingerprint density at radius 1 is 1.06 bits per heavy atom. The van der Waals surface area contributed by atoms with Gasteiger partial charge < -0.3 is 14.4 Å². The van der Waals surface area contributed by atoms with Gasteiger partial charge in [0.25, 0.3) is 0 Å². The Labute approximate surface area is 185 Å². The van der Waals surface area contributed by atoms with Crippen molar-refractivity contribution in [1.82, 2.24) is 29.4 Å². The fraction of sp³-hybridized carbons (Fsp3) is 0.391. The number of fused-ring (bicyclic) bond motifs is 1. The van der Waals surface area contributed by atoms with Crippen molar-refractivity contribution in [2.45, 2.75) is 18.3 Å². The Morgan fingerprint density at radius 3 is 2.62 bits per heavy atom. The van der Waals surface area contributed by atoms with Crippen molar-refractivity contribution in [2.75, 3.05) is 44.9 Å². The molecule has 164 valence electrons. The van der Waals surface area contributed by atoms with Gasteiger partial charge in [-0.2, -0.15) is 14.7 Å². The van der Waals surface area contributed by atoms with Gasteiger partial charge in [-0.05, 0) is 31.0 Å². The van der Waals surface area contributed by atoms with Crippen LogP contribution in [0.2, 0.25) is 0 Å². The summed E-state index contributed by atoms with van der Waals surface area (Å²) >= 11 is 0. The Balaban J connectivity index is 1.45. The number of rotatable bonds is 6. The van der Waals surface area contributed by atoms with E-state index < -0.39 is 0 Å². The maximum atomic E-state index is 5.57. The van der Waals surface area contributed by atoms with Gasteiger partial charge in [0.15, 0.2) is 11.5 Å². The van der Waals surface area contributed by atoms with Crippen LogP contribution in [0.1, 0.15) is 18.5 Å². The van der Waals surface area contributed by atoms with Gasteiger partial charge in [0.1, 0.15) is 5.82 Å². The average molecular weight is 432 g/mol. The molecule has 0 unspecified atom stereocenters. The zero-order chi connectivity index (χ0) is 21.5. The molecule has 0 amide bonds. The second-order valence-electron chi connectivity index (χ2n) is 8.47. The van der Waals surface area contributed by atoms with Crippen LogP contribution in [-0.4, -0.2) is 69.4 Å². The first-order valence-corrected chi connectivity index (χ1v) is 11.0. The van der Waals surface area contributed by atoms with Crippen molar-refractivity contribution in [2.24, 2.45) is 0 Å². The molecule has 2 aliphatic rings. The molecule has 1 aliphatic heterocycles. The highest BCUT2D eigenvalue weighted by molar-refractivity contribution is 5.66. The molecule has 4 aromatic heterocycles. The lowest BCUT2D eigenvalue weighted by atomic mass is 10.1. The molecule has 0 spiro atoms. The van der Waals surface area contributed by atoms with Crippen LogP contribution in [0.3, 0.4) is 0 Å². The monoisotopic (exact) mass is 431 g/mol. The van der Waals surface area contributed by atoms with Gasteiger partial charge in [0.2, 0.25) is 0 Å². The normalized spacial score (nSPS) is 17.7. The topological polar surface area (TPSA) is 82.6 Å². The SMILES string of the molecule is COCC1(c2ccn(-c3cc(N4CCOCC4)n4nc(-c5ccncc5)cc4n3)n2)CC1. The minimum absolute atomic E-state index is 0.0578. The molecular weight excluding hydrogens is 406 g/mol. The number of methoxy groups -OCH3 is 1. The van der Waals surface area contributed by atoms with E-state index in [4.69, 9.17) is 24.7 Å². The highest BCUT2D eigenvalue weighted by atomic mass is 16.5. The average Bonchev–Trinajstić information content (AvgIpc) is 3.25. The number of pyridine rings is 1. The minimum atomic E-state index is 0.0578. The van der Waals surface area contributed by atoms with Gasteiger partial charge in [0, 0.05) is 61.9 Å². The van der Waals surface area contributed by atoms with E-state index in [-0.39, 0.29) is 5.41 Å². The third kappa shape index (κ3) is 3.34. The highest BCUT2D eigenvalue weighted by Gasteiger charge is 2.46. The van der Waals surface area contributed by atoms with Gasteiger partial charge in [-0.1, -0.05) is 0 Å². The van der Waals surface area contributed by atoms with Crippen molar-refractivity contribution in [1.29, 1.82) is 0 Å². The summed E-state index contributed by atoms with van der Waals surface area (Å²) in [5.74, 6) is 1.77. The molecule has 2 fully saturated rings. The standard InChI is InChI=1S/C23H25N7O2/c1-31-16-23(5-6-23)19-4-9-29(27-19)20-15-22(28-10-12-32-13-11-28)30-21(25-20)14-18(26-30)17-2-7-24-8-3-17/h2-4,7-9,14-15H,5-6,10-13,16H2,1H3. The molecule has 1 aliphatic carbocycles. The van der Waals surface area contributed by atoms with Gasteiger partial charge in [-0.3, -0.25) is 4.98 Å². The molecule has 0 aromatic carbocycles. The second-order valence-corrected chi connectivity index (χ2v) is 8.47. The van der Waals surface area contributed by atoms with E-state index in [1.54, 1.807) is 19.5 Å². The maximum Gasteiger partial charge on any atom is 0.160 e. The first-order valence-electron chi connectivity index (χ1n) is 11.0. The number of aromatic nitrogens is 6. The van der Waals surface area contributed by atoms with Crippen LogP contribution in [0.25, 0.3) is 22.7 Å². The van der Waals surface area contributed by atoms with Crippen LogP contribution < -0.4 is 4.90 Å². The molecular formula is C23H25N7O2. The van der Waals surface area contributed by atoms with E-state index in [9.17, 15) is 0 Å². The van der Waals surface area contributed by atoms with E-state index in [0.29, 0.717) is 19.8 Å². The van der Waals surface area contributed by atoms with E-state index in [1.807, 2.05) is 33.6 Å². The molecule has 6 rings (SSSR count). The number of hydrogen-bond donors (Lipinski definition) is 0. The number of nitrogens with zero attached hydrogens (tertiary/aromatic N) is 7. The molecule has 1 saturated heterocycles. The number of ether oxygens (including phenoxy) is 2. The summed E-state index contributed by atoms with van der Waals surface area (Å²) < 4.78 is 14.8. The maximum absolute atomic E-state index is 5.57. The minimum Gasteiger partial charge on any atom is -0.384 e. The zero-order valence-corrected chi connectivity index (χ0v) is 18.0. The van der Waals surface area contributed by atoms with E-state index in [0.717, 1.165) is 60.2 Å². The summed E-state index contributed by atoms with van der Waals surface area (Å²) in [6.45, 7) is 3.72. The first kappa shape index (κ1) is 19.4. The summed E-state index contributed by atoms with van der Waals surface area (Å²) in [5.41, 5.74) is 3.79. The lowest BCUT2D eigenvalue weighted by Crippen LogP contribution is -2.37. The van der Waals surface area contributed by atoms with Crippen LogP contribution in [0.4, 0.5) is 5.82 Å². The molecule has 4 aromatic rings. The largest absolute Gasteiger partial charge is 0.384 e. The zero-order valence-electron chi connectivity index (χ0n) is 18.0. The number of anilines is 1. The fourth-order valence-electron chi connectivity index (χ4n) is 4.38. The smallest absolute Gasteiger partial charge is 0.160 e. The first-order chi connectivity index (χ1) is 15.8.